The summed E-state index contributed by atoms with van der Waals surface area (Å²) in [7, 11) is 1.55. The van der Waals surface area contributed by atoms with Gasteiger partial charge in [0.15, 0.2) is 0 Å². The maximum atomic E-state index is 12.6. The van der Waals surface area contributed by atoms with E-state index in [1.807, 2.05) is 6.07 Å². The molecule has 1 aromatic carbocycles. The van der Waals surface area contributed by atoms with Crippen LogP contribution in [0, 0.1) is 5.92 Å². The number of nitrogens with one attached hydrogen (secondary N) is 1. The van der Waals surface area contributed by atoms with Crippen LogP contribution in [0.1, 0.15) is 38.7 Å². The molecule has 26 heavy (non-hydrogen) atoms. The third-order valence-electron chi connectivity index (χ3n) is 4.05. The van der Waals surface area contributed by atoms with Gasteiger partial charge in [0.2, 0.25) is 12.7 Å². The van der Waals surface area contributed by atoms with E-state index in [1.165, 1.54) is 0 Å². The van der Waals surface area contributed by atoms with Gasteiger partial charge >= 0.3 is 11.9 Å². The van der Waals surface area contributed by atoms with Crippen LogP contribution in [0.25, 0.3) is 0 Å². The quantitative estimate of drug-likeness (QED) is 0.617. The topological polar surface area (TPSA) is 90.9 Å². The average Bonchev–Trinajstić information content (AvgIpc) is 2.60. The summed E-state index contributed by atoms with van der Waals surface area (Å²) in [6.07, 6.45) is 0.112. The molecule has 7 heteroatoms. The summed E-state index contributed by atoms with van der Waals surface area (Å²) in [6, 6.07) is 7.18. The van der Waals surface area contributed by atoms with Gasteiger partial charge in [-0.3, -0.25) is 9.59 Å². The van der Waals surface area contributed by atoms with Gasteiger partial charge in [-0.15, -0.1) is 0 Å². The van der Waals surface area contributed by atoms with Gasteiger partial charge in [-0.1, -0.05) is 26.0 Å². The predicted octanol–water partition coefficient (Wildman–Crippen LogP) is 2.27. The van der Waals surface area contributed by atoms with Crippen molar-refractivity contribution >= 4 is 17.8 Å². The van der Waals surface area contributed by atoms with Crippen molar-refractivity contribution in [1.82, 2.24) is 5.32 Å². The Morgan fingerprint density at radius 2 is 2.00 bits per heavy atom. The summed E-state index contributed by atoms with van der Waals surface area (Å²) >= 11 is 0. The number of carbonyl (C=O) groups is 3. The first kappa shape index (κ1) is 19.5. The van der Waals surface area contributed by atoms with Crippen molar-refractivity contribution in [3.8, 4) is 5.75 Å². The van der Waals surface area contributed by atoms with Gasteiger partial charge in [-0.25, -0.2) is 4.79 Å². The van der Waals surface area contributed by atoms with Gasteiger partial charge in [0.1, 0.15) is 5.75 Å². The highest BCUT2D eigenvalue weighted by molar-refractivity contribution is 5.95. The third-order valence-corrected chi connectivity index (χ3v) is 4.05. The lowest BCUT2D eigenvalue weighted by Gasteiger charge is -2.26. The Bertz CT molecular complexity index is 737. The van der Waals surface area contributed by atoms with Gasteiger partial charge in [0.25, 0.3) is 0 Å². The maximum absolute atomic E-state index is 12.6. The number of ether oxygens (including phenoxy) is 3. The summed E-state index contributed by atoms with van der Waals surface area (Å²) in [5.74, 6) is -1.42. The van der Waals surface area contributed by atoms with E-state index in [0.717, 1.165) is 5.56 Å². The fraction of sp³-hybridized carbons (Fsp3) is 0.421. The first-order chi connectivity index (χ1) is 12.3. The van der Waals surface area contributed by atoms with Crippen LogP contribution in [0.5, 0.6) is 5.75 Å². The number of rotatable bonds is 6. The van der Waals surface area contributed by atoms with Crippen LogP contribution in [-0.2, 0) is 23.9 Å². The molecule has 2 rings (SSSR count). The third kappa shape index (κ3) is 4.62. The lowest BCUT2D eigenvalue weighted by molar-refractivity contribution is -0.167. The van der Waals surface area contributed by atoms with E-state index < -0.39 is 24.6 Å². The van der Waals surface area contributed by atoms with Crippen LogP contribution >= 0.6 is 0 Å². The second kappa shape index (κ2) is 8.51. The van der Waals surface area contributed by atoms with E-state index in [9.17, 15) is 14.4 Å². The zero-order chi connectivity index (χ0) is 19.3. The number of benzene rings is 1. The molecule has 0 bridgehead atoms. The van der Waals surface area contributed by atoms with Gasteiger partial charge in [0, 0.05) is 18.0 Å². The normalized spacial score (nSPS) is 17.0. The number of esters is 2. The van der Waals surface area contributed by atoms with Crippen molar-refractivity contribution in [3.05, 3.63) is 41.1 Å². The molecule has 1 aliphatic rings. The Balaban J connectivity index is 2.21. The Labute approximate surface area is 152 Å². The fourth-order valence-corrected chi connectivity index (χ4v) is 2.70. The van der Waals surface area contributed by atoms with Crippen molar-refractivity contribution in [3.63, 3.8) is 0 Å². The molecule has 1 atom stereocenters. The molecule has 1 aliphatic heterocycles. The Morgan fingerprint density at radius 1 is 1.27 bits per heavy atom. The van der Waals surface area contributed by atoms with E-state index in [2.05, 4.69) is 5.32 Å². The van der Waals surface area contributed by atoms with Crippen LogP contribution in [0.15, 0.2) is 35.5 Å². The van der Waals surface area contributed by atoms with Crippen LogP contribution in [-0.4, -0.2) is 31.7 Å². The van der Waals surface area contributed by atoms with Gasteiger partial charge < -0.3 is 19.5 Å². The van der Waals surface area contributed by atoms with Crippen LogP contribution in [0.4, 0.5) is 0 Å². The van der Waals surface area contributed by atoms with Gasteiger partial charge in [-0.05, 0) is 24.6 Å². The largest absolute Gasteiger partial charge is 0.497 e. The summed E-state index contributed by atoms with van der Waals surface area (Å²) in [5, 5.41) is 2.66. The summed E-state index contributed by atoms with van der Waals surface area (Å²) in [5.41, 5.74) is 1.53. The zero-order valence-electron chi connectivity index (χ0n) is 15.3. The molecule has 0 saturated heterocycles. The maximum Gasteiger partial charge on any atom is 0.339 e. The molecule has 0 fully saturated rings. The highest BCUT2D eigenvalue weighted by atomic mass is 16.7. The van der Waals surface area contributed by atoms with Crippen molar-refractivity contribution in [1.29, 1.82) is 0 Å². The summed E-state index contributed by atoms with van der Waals surface area (Å²) < 4.78 is 15.2. The SMILES string of the molecule is COc1cccc([C@@H]2CC(=O)NC(C)=C2C(=O)OCOC(=O)C(C)C)c1. The molecule has 0 aromatic heterocycles. The zero-order valence-corrected chi connectivity index (χ0v) is 15.3. The van der Waals surface area contributed by atoms with E-state index >= 15 is 0 Å². The summed E-state index contributed by atoms with van der Waals surface area (Å²) in [6.45, 7) is 4.55. The monoisotopic (exact) mass is 361 g/mol. The highest BCUT2D eigenvalue weighted by Crippen LogP contribution is 2.34. The van der Waals surface area contributed by atoms with Crippen LogP contribution in [0.2, 0.25) is 0 Å². The van der Waals surface area contributed by atoms with E-state index in [4.69, 9.17) is 14.2 Å². The number of methoxy groups -OCH3 is 1. The molecular formula is C19H23NO6. The Hall–Kier alpha value is -2.83. The van der Waals surface area contributed by atoms with Crippen LogP contribution in [0.3, 0.4) is 0 Å². The molecule has 0 spiro atoms. The molecule has 0 radical (unpaired) electrons. The van der Waals surface area contributed by atoms with Crippen molar-refractivity contribution in [2.45, 2.75) is 33.1 Å². The highest BCUT2D eigenvalue weighted by Gasteiger charge is 2.33. The van der Waals surface area contributed by atoms with E-state index in [0.29, 0.717) is 17.0 Å². The van der Waals surface area contributed by atoms with Crippen molar-refractivity contribution < 1.29 is 28.6 Å². The predicted molar refractivity (Wildman–Crippen MR) is 93.1 cm³/mol. The van der Waals surface area contributed by atoms with Crippen LogP contribution < -0.4 is 10.1 Å². The van der Waals surface area contributed by atoms with E-state index in [1.54, 1.807) is 46.1 Å². The Kier molecular flexibility index (Phi) is 6.38. The first-order valence-electron chi connectivity index (χ1n) is 8.31. The molecule has 140 valence electrons. The molecule has 1 aromatic rings. The average molecular weight is 361 g/mol. The van der Waals surface area contributed by atoms with Gasteiger partial charge in [0.05, 0.1) is 18.6 Å². The summed E-state index contributed by atoms with van der Waals surface area (Å²) in [4.78, 5) is 36.0. The van der Waals surface area contributed by atoms with Crippen molar-refractivity contribution in [2.75, 3.05) is 13.9 Å². The standard InChI is InChI=1S/C19H23NO6/c1-11(2)18(22)25-10-26-19(23)17-12(3)20-16(21)9-15(17)13-6-5-7-14(8-13)24-4/h5-8,11,15H,9-10H2,1-4H3,(H,20,21)/t15-/m0/s1. The number of hydrogen-bond donors (Lipinski definition) is 1. The number of amides is 1. The minimum Gasteiger partial charge on any atom is -0.497 e. The molecule has 1 amide bonds. The lowest BCUT2D eigenvalue weighted by atomic mass is 9.84. The molecular weight excluding hydrogens is 338 g/mol. The van der Waals surface area contributed by atoms with E-state index in [-0.39, 0.29) is 18.2 Å². The first-order valence-corrected chi connectivity index (χ1v) is 8.31. The number of hydrogen-bond acceptors (Lipinski definition) is 6. The lowest BCUT2D eigenvalue weighted by Crippen LogP contribution is -2.34. The molecule has 0 saturated carbocycles. The smallest absolute Gasteiger partial charge is 0.339 e. The second-order valence-corrected chi connectivity index (χ2v) is 6.29. The molecule has 1 heterocycles. The van der Waals surface area contributed by atoms with Crippen molar-refractivity contribution in [2.24, 2.45) is 5.92 Å². The molecule has 1 N–H and O–H groups in total. The van der Waals surface area contributed by atoms with Gasteiger partial charge in [-0.2, -0.15) is 0 Å². The minimum absolute atomic E-state index is 0.112. The minimum atomic E-state index is -0.633. The Morgan fingerprint density at radius 3 is 2.65 bits per heavy atom. The second-order valence-electron chi connectivity index (χ2n) is 6.29. The molecule has 7 nitrogen and oxygen atoms in total. The fourth-order valence-electron chi connectivity index (χ4n) is 2.70. The number of carbonyl (C=O) groups excluding carboxylic acids is 3. The number of allylic oxidation sites excluding steroid dienone is 1. The molecule has 0 aliphatic carbocycles. The molecule has 0 unspecified atom stereocenters.